The number of carbonyl (C=O) groups is 1. The molecular weight excluding hydrogens is 359 g/mol. The summed E-state index contributed by atoms with van der Waals surface area (Å²) in [6, 6.07) is 6.66. The van der Waals surface area contributed by atoms with Crippen LogP contribution in [-0.4, -0.2) is 33.7 Å². The first-order valence-electron chi connectivity index (χ1n) is 6.84. The van der Waals surface area contributed by atoms with Crippen molar-refractivity contribution in [2.75, 3.05) is 11.6 Å². The number of hydrogen-bond donors (Lipinski definition) is 2. The van der Waals surface area contributed by atoms with Gasteiger partial charge in [0.15, 0.2) is 5.82 Å². The van der Waals surface area contributed by atoms with Gasteiger partial charge in [0, 0.05) is 22.2 Å². The largest absolute Gasteiger partial charge is 0.345 e. The van der Waals surface area contributed by atoms with E-state index in [9.17, 15) is 4.79 Å². The summed E-state index contributed by atoms with van der Waals surface area (Å²) in [6.07, 6.45) is 0. The molecule has 124 valence electrons. The van der Waals surface area contributed by atoms with E-state index >= 15 is 0 Å². The summed E-state index contributed by atoms with van der Waals surface area (Å²) < 4.78 is 5.24. The molecule has 1 saturated heterocycles. The molecule has 6 nitrogen and oxygen atoms in total. The SMILES string of the molecule is CC(NC(=O)C1CSCN1)c1noc(-c2ccc(Cl)cc2)n1.Cl. The first-order valence-corrected chi connectivity index (χ1v) is 8.38. The molecule has 0 aliphatic carbocycles. The summed E-state index contributed by atoms with van der Waals surface area (Å²) in [7, 11) is 0. The van der Waals surface area contributed by atoms with Crippen LogP contribution >= 0.6 is 35.8 Å². The van der Waals surface area contributed by atoms with E-state index in [1.807, 2.05) is 19.1 Å². The third-order valence-corrected chi connectivity index (χ3v) is 4.50. The van der Waals surface area contributed by atoms with Gasteiger partial charge in [0.05, 0.1) is 12.1 Å². The van der Waals surface area contributed by atoms with Crippen LogP contribution in [0.2, 0.25) is 5.02 Å². The van der Waals surface area contributed by atoms with Crippen LogP contribution in [0.4, 0.5) is 0 Å². The molecule has 1 fully saturated rings. The molecule has 0 saturated carbocycles. The second-order valence-corrected chi connectivity index (χ2v) is 6.43. The molecule has 2 unspecified atom stereocenters. The quantitative estimate of drug-likeness (QED) is 0.855. The van der Waals surface area contributed by atoms with Crippen LogP contribution in [-0.2, 0) is 4.79 Å². The van der Waals surface area contributed by atoms with Crippen molar-refractivity contribution >= 4 is 41.7 Å². The Labute approximate surface area is 149 Å². The molecule has 1 amide bonds. The number of benzene rings is 1. The normalized spacial score (nSPS) is 18.3. The number of nitrogens with zero attached hydrogens (tertiary/aromatic N) is 2. The monoisotopic (exact) mass is 374 g/mol. The van der Waals surface area contributed by atoms with Crippen molar-refractivity contribution in [1.82, 2.24) is 20.8 Å². The molecular formula is C14H16Cl2N4O2S. The molecule has 0 radical (unpaired) electrons. The topological polar surface area (TPSA) is 80.0 Å². The predicted octanol–water partition coefficient (Wildman–Crippen LogP) is 2.65. The Morgan fingerprint density at radius 3 is 2.87 bits per heavy atom. The summed E-state index contributed by atoms with van der Waals surface area (Å²) in [6.45, 7) is 1.83. The summed E-state index contributed by atoms with van der Waals surface area (Å²) in [5.74, 6) is 2.39. The van der Waals surface area contributed by atoms with Crippen LogP contribution < -0.4 is 10.6 Å². The first kappa shape index (κ1) is 18.1. The van der Waals surface area contributed by atoms with Gasteiger partial charge in [-0.15, -0.1) is 24.2 Å². The van der Waals surface area contributed by atoms with E-state index in [1.54, 1.807) is 23.9 Å². The molecule has 0 spiro atoms. The van der Waals surface area contributed by atoms with Crippen molar-refractivity contribution in [1.29, 1.82) is 0 Å². The number of nitrogens with one attached hydrogen (secondary N) is 2. The Bertz CT molecular complexity index is 659. The van der Waals surface area contributed by atoms with Crippen molar-refractivity contribution in [3.63, 3.8) is 0 Å². The fourth-order valence-electron chi connectivity index (χ4n) is 2.06. The maximum Gasteiger partial charge on any atom is 0.257 e. The van der Waals surface area contributed by atoms with Gasteiger partial charge in [0.25, 0.3) is 5.89 Å². The molecule has 1 aromatic carbocycles. The van der Waals surface area contributed by atoms with Gasteiger partial charge < -0.3 is 9.84 Å². The zero-order valence-corrected chi connectivity index (χ0v) is 14.7. The van der Waals surface area contributed by atoms with E-state index in [4.69, 9.17) is 16.1 Å². The standard InChI is InChI=1S/C14H15ClN4O2S.ClH/c1-8(17-13(20)11-6-22-7-16-11)12-18-14(21-19-12)9-2-4-10(15)5-3-9;/h2-5,8,11,16H,6-7H2,1H3,(H,17,20);1H. The van der Waals surface area contributed by atoms with Gasteiger partial charge in [0.2, 0.25) is 5.91 Å². The molecule has 3 rings (SSSR count). The molecule has 1 aliphatic heterocycles. The lowest BCUT2D eigenvalue weighted by molar-refractivity contribution is -0.123. The van der Waals surface area contributed by atoms with Crippen molar-refractivity contribution in [3.05, 3.63) is 35.1 Å². The number of amides is 1. The van der Waals surface area contributed by atoms with Crippen molar-refractivity contribution in [2.45, 2.75) is 19.0 Å². The molecule has 1 aromatic heterocycles. The van der Waals surface area contributed by atoms with E-state index in [1.165, 1.54) is 0 Å². The Morgan fingerprint density at radius 2 is 2.22 bits per heavy atom. The maximum atomic E-state index is 12.1. The Hall–Kier alpha value is -1.28. The van der Waals surface area contributed by atoms with Crippen LogP contribution in [0, 0.1) is 0 Å². The smallest absolute Gasteiger partial charge is 0.257 e. The third kappa shape index (κ3) is 4.38. The molecule has 9 heteroatoms. The summed E-state index contributed by atoms with van der Waals surface area (Å²) >= 11 is 7.56. The number of carbonyl (C=O) groups excluding carboxylic acids is 1. The lowest BCUT2D eigenvalue weighted by Gasteiger charge is -2.13. The molecule has 1 aliphatic rings. The van der Waals surface area contributed by atoms with E-state index in [0.29, 0.717) is 16.7 Å². The van der Waals surface area contributed by atoms with Gasteiger partial charge in [-0.05, 0) is 31.2 Å². The number of aromatic nitrogens is 2. The van der Waals surface area contributed by atoms with E-state index in [0.717, 1.165) is 17.2 Å². The Kier molecular flexibility index (Phi) is 6.29. The lowest BCUT2D eigenvalue weighted by Crippen LogP contribution is -2.43. The highest BCUT2D eigenvalue weighted by atomic mass is 35.5. The second kappa shape index (κ2) is 8.01. The van der Waals surface area contributed by atoms with Crippen molar-refractivity contribution < 1.29 is 9.32 Å². The molecule has 0 bridgehead atoms. The summed E-state index contributed by atoms with van der Waals surface area (Å²) in [4.78, 5) is 16.4. The molecule has 2 aromatic rings. The number of halogens is 2. The maximum absolute atomic E-state index is 12.1. The highest BCUT2D eigenvalue weighted by Gasteiger charge is 2.25. The summed E-state index contributed by atoms with van der Waals surface area (Å²) in [5, 5.41) is 10.6. The van der Waals surface area contributed by atoms with Gasteiger partial charge in [0.1, 0.15) is 0 Å². The molecule has 23 heavy (non-hydrogen) atoms. The molecule has 2 atom stereocenters. The minimum Gasteiger partial charge on any atom is -0.345 e. The molecule has 2 heterocycles. The minimum absolute atomic E-state index is 0. The van der Waals surface area contributed by atoms with Gasteiger partial charge in [-0.3, -0.25) is 10.1 Å². The van der Waals surface area contributed by atoms with E-state index in [-0.39, 0.29) is 30.4 Å². The van der Waals surface area contributed by atoms with Gasteiger partial charge in [-0.1, -0.05) is 16.8 Å². The first-order chi connectivity index (χ1) is 10.6. The average molecular weight is 375 g/mol. The third-order valence-electron chi connectivity index (χ3n) is 3.31. The van der Waals surface area contributed by atoms with Gasteiger partial charge in [-0.25, -0.2) is 0 Å². The van der Waals surface area contributed by atoms with Crippen molar-refractivity contribution in [3.8, 4) is 11.5 Å². The number of thioether (sulfide) groups is 1. The Balaban J connectivity index is 0.00000192. The second-order valence-electron chi connectivity index (χ2n) is 4.97. The minimum atomic E-state index is -0.315. The fraction of sp³-hybridized carbons (Fsp3) is 0.357. The summed E-state index contributed by atoms with van der Waals surface area (Å²) in [5.41, 5.74) is 0.788. The molecule has 2 N–H and O–H groups in total. The zero-order chi connectivity index (χ0) is 15.5. The average Bonchev–Trinajstić information content (AvgIpc) is 3.20. The van der Waals surface area contributed by atoms with Crippen LogP contribution in [0.1, 0.15) is 18.8 Å². The van der Waals surface area contributed by atoms with Gasteiger partial charge >= 0.3 is 0 Å². The van der Waals surface area contributed by atoms with Crippen LogP contribution in [0.5, 0.6) is 0 Å². The predicted molar refractivity (Wildman–Crippen MR) is 92.8 cm³/mol. The van der Waals surface area contributed by atoms with Crippen LogP contribution in [0.15, 0.2) is 28.8 Å². The highest BCUT2D eigenvalue weighted by Crippen LogP contribution is 2.21. The lowest BCUT2D eigenvalue weighted by atomic mass is 10.2. The number of hydrogen-bond acceptors (Lipinski definition) is 6. The van der Waals surface area contributed by atoms with E-state index in [2.05, 4.69) is 20.8 Å². The van der Waals surface area contributed by atoms with Crippen molar-refractivity contribution in [2.24, 2.45) is 0 Å². The van der Waals surface area contributed by atoms with Crippen LogP contribution in [0.3, 0.4) is 0 Å². The zero-order valence-electron chi connectivity index (χ0n) is 12.3. The highest BCUT2D eigenvalue weighted by molar-refractivity contribution is 7.99. The van der Waals surface area contributed by atoms with Gasteiger partial charge in [-0.2, -0.15) is 4.98 Å². The van der Waals surface area contributed by atoms with Crippen LogP contribution in [0.25, 0.3) is 11.5 Å². The number of rotatable bonds is 4. The Morgan fingerprint density at radius 1 is 1.48 bits per heavy atom. The fourth-order valence-corrected chi connectivity index (χ4v) is 3.13. The van der Waals surface area contributed by atoms with E-state index < -0.39 is 0 Å².